The van der Waals surface area contributed by atoms with Crippen molar-refractivity contribution in [3.8, 4) is 11.3 Å². The maximum Gasteiger partial charge on any atom is 0.231 e. The van der Waals surface area contributed by atoms with Crippen molar-refractivity contribution in [2.75, 3.05) is 16.8 Å². The van der Waals surface area contributed by atoms with Crippen molar-refractivity contribution in [2.45, 2.75) is 0 Å². The number of nitrogens with two attached hydrogens (primary N) is 2. The molecule has 0 spiro atoms. The lowest BCUT2D eigenvalue weighted by atomic mass is 10.1. The topological polar surface area (TPSA) is 103 Å². The van der Waals surface area contributed by atoms with Crippen LogP contribution in [0.3, 0.4) is 0 Å². The van der Waals surface area contributed by atoms with Crippen LogP contribution in [-0.4, -0.2) is 9.97 Å². The van der Waals surface area contributed by atoms with Crippen LogP contribution in [0, 0.1) is 0 Å². The summed E-state index contributed by atoms with van der Waals surface area (Å²) in [6.07, 6.45) is 1.47. The van der Waals surface area contributed by atoms with Gasteiger partial charge in [0.25, 0.3) is 0 Å². The highest BCUT2D eigenvalue weighted by Gasteiger charge is 2.12. The molecule has 0 aliphatic heterocycles. The summed E-state index contributed by atoms with van der Waals surface area (Å²) in [4.78, 5) is 8.51. The molecule has 6 heteroatoms. The molecule has 118 valence electrons. The lowest BCUT2D eigenvalue weighted by molar-refractivity contribution is 0.617. The van der Waals surface area contributed by atoms with E-state index in [0.717, 1.165) is 16.6 Å². The van der Waals surface area contributed by atoms with E-state index in [1.165, 1.54) is 6.33 Å². The molecule has 0 unspecified atom stereocenters. The van der Waals surface area contributed by atoms with Crippen molar-refractivity contribution in [3.63, 3.8) is 0 Å². The molecule has 0 fully saturated rings. The molecule has 0 saturated carbocycles. The van der Waals surface area contributed by atoms with Crippen molar-refractivity contribution < 1.29 is 4.42 Å². The first kappa shape index (κ1) is 14.1. The molecule has 24 heavy (non-hydrogen) atoms. The van der Waals surface area contributed by atoms with Gasteiger partial charge in [-0.1, -0.05) is 6.07 Å². The third-order valence-electron chi connectivity index (χ3n) is 3.67. The maximum atomic E-state index is 5.84. The number of aromatic nitrogens is 2. The average molecular weight is 317 g/mol. The van der Waals surface area contributed by atoms with Crippen LogP contribution in [0.25, 0.3) is 22.4 Å². The number of furan rings is 1. The van der Waals surface area contributed by atoms with Crippen molar-refractivity contribution in [1.29, 1.82) is 0 Å². The van der Waals surface area contributed by atoms with Gasteiger partial charge in [-0.3, -0.25) is 0 Å². The van der Waals surface area contributed by atoms with Crippen LogP contribution in [0.2, 0.25) is 0 Å². The number of nitrogens with one attached hydrogen (secondary N) is 1. The van der Waals surface area contributed by atoms with Gasteiger partial charge >= 0.3 is 0 Å². The summed E-state index contributed by atoms with van der Waals surface area (Å²) in [6.45, 7) is 0. The van der Waals surface area contributed by atoms with E-state index in [4.69, 9.17) is 15.9 Å². The number of fused-ring (bicyclic) bond motifs is 1. The first-order valence-electron chi connectivity index (χ1n) is 7.42. The first-order chi connectivity index (χ1) is 11.7. The quantitative estimate of drug-likeness (QED) is 0.497. The van der Waals surface area contributed by atoms with Crippen molar-refractivity contribution in [2.24, 2.45) is 0 Å². The molecule has 0 atom stereocenters. The second kappa shape index (κ2) is 5.58. The number of hydrogen-bond acceptors (Lipinski definition) is 6. The molecule has 4 rings (SSSR count). The molecule has 6 nitrogen and oxygen atoms in total. The minimum atomic E-state index is 0.517. The van der Waals surface area contributed by atoms with Gasteiger partial charge < -0.3 is 21.2 Å². The highest BCUT2D eigenvalue weighted by Crippen LogP contribution is 2.31. The molecular weight excluding hydrogens is 302 g/mol. The summed E-state index contributed by atoms with van der Waals surface area (Å²) in [5, 5.41) is 4.05. The van der Waals surface area contributed by atoms with Crippen LogP contribution in [0.15, 0.2) is 65.3 Å². The monoisotopic (exact) mass is 317 g/mol. The normalized spacial score (nSPS) is 10.8. The Morgan fingerprint density at radius 3 is 2.50 bits per heavy atom. The third kappa shape index (κ3) is 2.61. The standard InChI is InChI=1S/C18H15N5O/c19-12-6-4-11(5-7-12)16-9-15-17(21-10-22-18(15)24-16)23-14-3-1-2-13(20)8-14/h1-10H,19-20H2,(H,21,22,23). The summed E-state index contributed by atoms with van der Waals surface area (Å²) < 4.78 is 5.84. The summed E-state index contributed by atoms with van der Waals surface area (Å²) in [5.41, 5.74) is 15.2. The summed E-state index contributed by atoms with van der Waals surface area (Å²) in [7, 11) is 0. The minimum absolute atomic E-state index is 0.517. The summed E-state index contributed by atoms with van der Waals surface area (Å²) in [6, 6.07) is 16.9. The zero-order valence-electron chi connectivity index (χ0n) is 12.7. The smallest absolute Gasteiger partial charge is 0.231 e. The van der Waals surface area contributed by atoms with E-state index in [9.17, 15) is 0 Å². The van der Waals surface area contributed by atoms with E-state index in [2.05, 4.69) is 15.3 Å². The second-order valence-electron chi connectivity index (χ2n) is 5.42. The van der Waals surface area contributed by atoms with E-state index in [1.54, 1.807) is 0 Å². The molecule has 0 amide bonds. The number of nitrogen functional groups attached to an aromatic ring is 2. The third-order valence-corrected chi connectivity index (χ3v) is 3.67. The van der Waals surface area contributed by atoms with Crippen molar-refractivity contribution in [1.82, 2.24) is 9.97 Å². The summed E-state index contributed by atoms with van der Waals surface area (Å²) in [5.74, 6) is 1.37. The average Bonchev–Trinajstić information content (AvgIpc) is 3.01. The van der Waals surface area contributed by atoms with Crippen LogP contribution in [0.4, 0.5) is 22.9 Å². The van der Waals surface area contributed by atoms with Crippen LogP contribution < -0.4 is 16.8 Å². The lowest BCUT2D eigenvalue weighted by Crippen LogP contribution is -1.95. The number of rotatable bonds is 3. The molecule has 2 aromatic carbocycles. The Morgan fingerprint density at radius 2 is 1.71 bits per heavy atom. The van der Waals surface area contributed by atoms with E-state index >= 15 is 0 Å². The van der Waals surface area contributed by atoms with Crippen LogP contribution in [-0.2, 0) is 0 Å². The molecule has 2 aromatic heterocycles. The molecule has 0 saturated heterocycles. The van der Waals surface area contributed by atoms with E-state index in [1.807, 2.05) is 54.6 Å². The van der Waals surface area contributed by atoms with Gasteiger partial charge in [-0.05, 0) is 48.5 Å². The first-order valence-corrected chi connectivity index (χ1v) is 7.42. The Bertz CT molecular complexity index is 1010. The Labute approximate surface area is 138 Å². The van der Waals surface area contributed by atoms with Crippen molar-refractivity contribution in [3.05, 3.63) is 60.9 Å². The molecule has 0 aliphatic rings. The molecular formula is C18H15N5O. The highest BCUT2D eigenvalue weighted by atomic mass is 16.3. The Morgan fingerprint density at radius 1 is 0.875 bits per heavy atom. The number of nitrogens with zero attached hydrogens (tertiary/aromatic N) is 2. The van der Waals surface area contributed by atoms with Gasteiger partial charge in [-0.2, -0.15) is 0 Å². The lowest BCUT2D eigenvalue weighted by Gasteiger charge is -2.06. The largest absolute Gasteiger partial charge is 0.438 e. The van der Waals surface area contributed by atoms with Gasteiger partial charge in [0.2, 0.25) is 5.71 Å². The van der Waals surface area contributed by atoms with Gasteiger partial charge in [0.1, 0.15) is 17.9 Å². The van der Waals surface area contributed by atoms with Gasteiger partial charge in [0.15, 0.2) is 0 Å². The molecule has 0 radical (unpaired) electrons. The van der Waals surface area contributed by atoms with Gasteiger partial charge in [0.05, 0.1) is 5.39 Å². The fraction of sp³-hybridized carbons (Fsp3) is 0. The van der Waals surface area contributed by atoms with Gasteiger partial charge in [-0.15, -0.1) is 0 Å². The summed E-state index contributed by atoms with van der Waals surface area (Å²) >= 11 is 0. The highest BCUT2D eigenvalue weighted by molar-refractivity contribution is 5.91. The van der Waals surface area contributed by atoms with Gasteiger partial charge in [-0.25, -0.2) is 9.97 Å². The Hall–Kier alpha value is -3.54. The maximum absolute atomic E-state index is 5.84. The zero-order valence-corrected chi connectivity index (χ0v) is 12.7. The SMILES string of the molecule is Nc1ccc(-c2cc3c(Nc4cccc(N)c4)ncnc3o2)cc1. The van der Waals surface area contributed by atoms with E-state index in [-0.39, 0.29) is 0 Å². The minimum Gasteiger partial charge on any atom is -0.438 e. The van der Waals surface area contributed by atoms with Crippen molar-refractivity contribution >= 4 is 34.0 Å². The number of benzene rings is 2. The fourth-order valence-corrected chi connectivity index (χ4v) is 2.50. The fourth-order valence-electron chi connectivity index (χ4n) is 2.50. The Kier molecular flexibility index (Phi) is 3.28. The zero-order chi connectivity index (χ0) is 16.5. The second-order valence-corrected chi connectivity index (χ2v) is 5.42. The Balaban J connectivity index is 1.76. The molecule has 5 N–H and O–H groups in total. The molecule has 0 aliphatic carbocycles. The predicted octanol–water partition coefficient (Wildman–Crippen LogP) is 3.80. The molecule has 0 bridgehead atoms. The van der Waals surface area contributed by atoms with Crippen LogP contribution in [0.1, 0.15) is 0 Å². The number of anilines is 4. The van der Waals surface area contributed by atoms with Gasteiger partial charge in [0, 0.05) is 22.6 Å². The van der Waals surface area contributed by atoms with E-state index in [0.29, 0.717) is 28.7 Å². The molecule has 4 aromatic rings. The molecule has 2 heterocycles. The van der Waals surface area contributed by atoms with Crippen LogP contribution >= 0.6 is 0 Å². The van der Waals surface area contributed by atoms with E-state index < -0.39 is 0 Å². The number of hydrogen-bond donors (Lipinski definition) is 3. The predicted molar refractivity (Wildman–Crippen MR) is 95.8 cm³/mol. The van der Waals surface area contributed by atoms with Crippen LogP contribution in [0.5, 0.6) is 0 Å².